The summed E-state index contributed by atoms with van der Waals surface area (Å²) >= 11 is 0. The number of nitrogens with two attached hydrogens (primary N) is 1. The van der Waals surface area contributed by atoms with Crippen molar-refractivity contribution in [1.29, 1.82) is 0 Å². The molecule has 0 radical (unpaired) electrons. The Morgan fingerprint density at radius 1 is 1.24 bits per heavy atom. The maximum Gasteiger partial charge on any atom is 0.000530 e. The van der Waals surface area contributed by atoms with Gasteiger partial charge in [0.15, 0.2) is 0 Å². The maximum absolute atomic E-state index is 5.81. The first-order chi connectivity index (χ1) is 7.97. The molecular formula is C15H32N2. The molecule has 0 aromatic heterocycles. The summed E-state index contributed by atoms with van der Waals surface area (Å²) < 4.78 is 0. The largest absolute Gasteiger partial charge is 0.330 e. The zero-order valence-electron chi connectivity index (χ0n) is 12.3. The predicted octanol–water partition coefficient (Wildman–Crippen LogP) is 3.02. The lowest BCUT2D eigenvalue weighted by Crippen LogP contribution is -2.39. The van der Waals surface area contributed by atoms with E-state index in [9.17, 15) is 0 Å². The fraction of sp³-hybridized carbons (Fsp3) is 1.00. The summed E-state index contributed by atoms with van der Waals surface area (Å²) in [6, 6.07) is 0. The molecule has 0 spiro atoms. The molecule has 1 unspecified atom stereocenters. The highest BCUT2D eigenvalue weighted by atomic mass is 14.9. The lowest BCUT2D eigenvalue weighted by atomic mass is 9.77. The highest BCUT2D eigenvalue weighted by molar-refractivity contribution is 4.84. The van der Waals surface area contributed by atoms with Crippen LogP contribution in [-0.4, -0.2) is 19.6 Å². The first-order valence-corrected chi connectivity index (χ1v) is 7.38. The molecule has 0 heterocycles. The Morgan fingerprint density at radius 3 is 2.29 bits per heavy atom. The van der Waals surface area contributed by atoms with Gasteiger partial charge in [0.2, 0.25) is 0 Å². The standard InChI is InChI=1S/C15H32N2/c1-12(2)13(9-16)10-17-11-15(3,4)14-7-5-6-8-14/h12-14,17H,5-11,16H2,1-4H3. The summed E-state index contributed by atoms with van der Waals surface area (Å²) in [5, 5.41) is 3.65. The van der Waals surface area contributed by atoms with Gasteiger partial charge in [-0.2, -0.15) is 0 Å². The van der Waals surface area contributed by atoms with Crippen LogP contribution in [0.25, 0.3) is 0 Å². The fourth-order valence-electron chi connectivity index (χ4n) is 3.02. The summed E-state index contributed by atoms with van der Waals surface area (Å²) in [5.74, 6) is 2.22. The molecule has 1 rings (SSSR count). The van der Waals surface area contributed by atoms with Crippen molar-refractivity contribution < 1.29 is 0 Å². The van der Waals surface area contributed by atoms with Crippen LogP contribution < -0.4 is 11.1 Å². The SMILES string of the molecule is CC(C)C(CN)CNCC(C)(C)C1CCCC1. The molecule has 1 saturated carbocycles. The van der Waals surface area contributed by atoms with Gasteiger partial charge in [0.25, 0.3) is 0 Å². The van der Waals surface area contributed by atoms with E-state index in [1.165, 1.54) is 25.7 Å². The summed E-state index contributed by atoms with van der Waals surface area (Å²) in [4.78, 5) is 0. The molecule has 3 N–H and O–H groups in total. The summed E-state index contributed by atoms with van der Waals surface area (Å²) in [6.07, 6.45) is 5.73. The molecule has 1 aliphatic carbocycles. The molecule has 1 atom stereocenters. The van der Waals surface area contributed by atoms with Crippen LogP contribution in [0.4, 0.5) is 0 Å². The second-order valence-corrected chi connectivity index (χ2v) is 6.84. The Bertz CT molecular complexity index is 205. The van der Waals surface area contributed by atoms with Crippen LogP contribution in [0.15, 0.2) is 0 Å². The van der Waals surface area contributed by atoms with Crippen LogP contribution in [0.3, 0.4) is 0 Å². The summed E-state index contributed by atoms with van der Waals surface area (Å²) in [7, 11) is 0. The van der Waals surface area contributed by atoms with E-state index in [4.69, 9.17) is 5.73 Å². The minimum Gasteiger partial charge on any atom is -0.330 e. The van der Waals surface area contributed by atoms with Gasteiger partial charge >= 0.3 is 0 Å². The summed E-state index contributed by atoms with van der Waals surface area (Å²) in [5.41, 5.74) is 6.26. The van der Waals surface area contributed by atoms with Gasteiger partial charge in [0, 0.05) is 6.54 Å². The van der Waals surface area contributed by atoms with Crippen LogP contribution >= 0.6 is 0 Å². The first-order valence-electron chi connectivity index (χ1n) is 7.38. The minimum absolute atomic E-state index is 0.451. The molecule has 0 amide bonds. The van der Waals surface area contributed by atoms with Crippen LogP contribution in [0, 0.1) is 23.2 Å². The zero-order chi connectivity index (χ0) is 12.9. The molecule has 0 saturated heterocycles. The molecule has 2 nitrogen and oxygen atoms in total. The van der Waals surface area contributed by atoms with Crippen LogP contribution in [-0.2, 0) is 0 Å². The summed E-state index contributed by atoms with van der Waals surface area (Å²) in [6.45, 7) is 12.4. The molecule has 0 aromatic rings. The molecule has 1 fully saturated rings. The molecule has 1 aliphatic rings. The highest BCUT2D eigenvalue weighted by Gasteiger charge is 2.31. The van der Waals surface area contributed by atoms with Crippen molar-refractivity contribution in [1.82, 2.24) is 5.32 Å². The topological polar surface area (TPSA) is 38.0 Å². The van der Waals surface area contributed by atoms with E-state index in [-0.39, 0.29) is 0 Å². The van der Waals surface area contributed by atoms with E-state index in [1.54, 1.807) is 0 Å². The van der Waals surface area contributed by atoms with Gasteiger partial charge in [0.05, 0.1) is 0 Å². The van der Waals surface area contributed by atoms with Gasteiger partial charge in [-0.3, -0.25) is 0 Å². The second kappa shape index (κ2) is 6.75. The predicted molar refractivity (Wildman–Crippen MR) is 76.0 cm³/mol. The number of hydrogen-bond donors (Lipinski definition) is 2. The Morgan fingerprint density at radius 2 is 1.82 bits per heavy atom. The Balaban J connectivity index is 2.28. The number of nitrogens with one attached hydrogen (secondary N) is 1. The van der Waals surface area contributed by atoms with Crippen molar-refractivity contribution in [2.45, 2.75) is 53.4 Å². The molecule has 17 heavy (non-hydrogen) atoms. The molecule has 2 heteroatoms. The minimum atomic E-state index is 0.451. The Kier molecular flexibility index (Phi) is 5.94. The molecule has 0 bridgehead atoms. The quantitative estimate of drug-likeness (QED) is 0.718. The Labute approximate surface area is 108 Å². The van der Waals surface area contributed by atoms with Gasteiger partial charge in [0.1, 0.15) is 0 Å². The van der Waals surface area contributed by atoms with Gasteiger partial charge < -0.3 is 11.1 Å². The third-order valence-corrected chi connectivity index (χ3v) is 4.69. The van der Waals surface area contributed by atoms with Crippen LogP contribution in [0.1, 0.15) is 53.4 Å². The van der Waals surface area contributed by atoms with Crippen molar-refractivity contribution in [3.63, 3.8) is 0 Å². The Hall–Kier alpha value is -0.0800. The number of rotatable bonds is 7. The maximum atomic E-state index is 5.81. The first kappa shape index (κ1) is 15.0. The normalized spacial score (nSPS) is 20.1. The van der Waals surface area contributed by atoms with Gasteiger partial charge in [-0.15, -0.1) is 0 Å². The van der Waals surface area contributed by atoms with E-state index in [0.717, 1.165) is 25.6 Å². The van der Waals surface area contributed by atoms with Crippen molar-refractivity contribution in [3.05, 3.63) is 0 Å². The third kappa shape index (κ3) is 4.59. The molecule has 0 aliphatic heterocycles. The van der Waals surface area contributed by atoms with E-state index in [1.807, 2.05) is 0 Å². The van der Waals surface area contributed by atoms with Crippen molar-refractivity contribution in [2.75, 3.05) is 19.6 Å². The third-order valence-electron chi connectivity index (χ3n) is 4.69. The van der Waals surface area contributed by atoms with E-state index < -0.39 is 0 Å². The highest BCUT2D eigenvalue weighted by Crippen LogP contribution is 2.38. The number of hydrogen-bond acceptors (Lipinski definition) is 2. The lowest BCUT2D eigenvalue weighted by Gasteiger charge is -2.33. The van der Waals surface area contributed by atoms with Crippen LogP contribution in [0.5, 0.6) is 0 Å². The van der Waals surface area contributed by atoms with E-state index in [0.29, 0.717) is 17.3 Å². The second-order valence-electron chi connectivity index (χ2n) is 6.84. The van der Waals surface area contributed by atoms with Crippen molar-refractivity contribution >= 4 is 0 Å². The van der Waals surface area contributed by atoms with Crippen LogP contribution in [0.2, 0.25) is 0 Å². The average molecular weight is 240 g/mol. The molecule has 0 aromatic carbocycles. The van der Waals surface area contributed by atoms with Gasteiger partial charge in [-0.05, 0) is 49.1 Å². The smallest absolute Gasteiger partial charge is 0.000530 e. The van der Waals surface area contributed by atoms with Gasteiger partial charge in [-0.1, -0.05) is 40.5 Å². The lowest BCUT2D eigenvalue weighted by molar-refractivity contribution is 0.201. The molecule has 102 valence electrons. The van der Waals surface area contributed by atoms with E-state index >= 15 is 0 Å². The fourth-order valence-corrected chi connectivity index (χ4v) is 3.02. The van der Waals surface area contributed by atoms with Gasteiger partial charge in [-0.25, -0.2) is 0 Å². The van der Waals surface area contributed by atoms with Crippen molar-refractivity contribution in [3.8, 4) is 0 Å². The zero-order valence-corrected chi connectivity index (χ0v) is 12.3. The van der Waals surface area contributed by atoms with E-state index in [2.05, 4.69) is 33.0 Å². The molecular weight excluding hydrogens is 208 g/mol. The monoisotopic (exact) mass is 240 g/mol. The average Bonchev–Trinajstić information content (AvgIpc) is 2.77. The van der Waals surface area contributed by atoms with Crippen molar-refractivity contribution in [2.24, 2.45) is 28.9 Å².